The van der Waals surface area contributed by atoms with Crippen molar-refractivity contribution >= 4 is 23.0 Å². The van der Waals surface area contributed by atoms with Gasteiger partial charge in [0.05, 0.1) is 15.5 Å². The molecule has 2 aromatic carbocycles. The van der Waals surface area contributed by atoms with E-state index in [0.29, 0.717) is 17.7 Å². The number of allylic oxidation sites excluding steroid dienone is 1. The fourth-order valence-electron chi connectivity index (χ4n) is 2.80. The van der Waals surface area contributed by atoms with Crippen LogP contribution in [0, 0.1) is 21.4 Å². The molecular weight excluding hydrogens is 346 g/mol. The minimum absolute atomic E-state index is 0.0143. The molecule has 0 radical (unpaired) electrons. The maximum Gasteiger partial charge on any atom is 0.269 e. The van der Waals surface area contributed by atoms with Crippen LogP contribution >= 0.6 is 11.8 Å². The predicted molar refractivity (Wildman–Crippen MR) is 104 cm³/mol. The molecule has 26 heavy (non-hydrogen) atoms. The molecule has 1 aliphatic heterocycles. The largest absolute Gasteiger partial charge is 0.360 e. The van der Waals surface area contributed by atoms with Crippen molar-refractivity contribution < 1.29 is 4.92 Å². The third kappa shape index (κ3) is 3.95. The lowest BCUT2D eigenvalue weighted by Crippen LogP contribution is -2.21. The van der Waals surface area contributed by atoms with Crippen molar-refractivity contribution in [3.8, 4) is 6.07 Å². The summed E-state index contributed by atoms with van der Waals surface area (Å²) in [5.41, 5.74) is 2.46. The summed E-state index contributed by atoms with van der Waals surface area (Å²) in [6.45, 7) is 5.53. The first kappa shape index (κ1) is 17.8. The Balaban J connectivity index is 1.87. The highest BCUT2D eigenvalue weighted by Gasteiger charge is 2.25. The second kappa shape index (κ2) is 7.89. The topological polar surface area (TPSA) is 70.2 Å². The molecule has 1 aliphatic rings. The minimum atomic E-state index is -0.443. The Morgan fingerprint density at radius 2 is 1.92 bits per heavy atom. The lowest BCUT2D eigenvalue weighted by Gasteiger charge is -2.20. The first-order valence-electron chi connectivity index (χ1n) is 8.12. The quantitative estimate of drug-likeness (QED) is 0.441. The molecule has 6 heteroatoms. The van der Waals surface area contributed by atoms with Gasteiger partial charge in [0.15, 0.2) is 0 Å². The van der Waals surface area contributed by atoms with Crippen molar-refractivity contribution in [2.24, 2.45) is 0 Å². The van der Waals surface area contributed by atoms with E-state index in [4.69, 9.17) is 0 Å². The van der Waals surface area contributed by atoms with Gasteiger partial charge in [-0.25, -0.2) is 0 Å². The van der Waals surface area contributed by atoms with Crippen LogP contribution in [0.2, 0.25) is 0 Å². The van der Waals surface area contributed by atoms with Crippen LogP contribution in [0.15, 0.2) is 71.1 Å². The molecule has 0 spiro atoms. The highest BCUT2D eigenvalue weighted by atomic mass is 32.2. The number of nitro groups is 1. The van der Waals surface area contributed by atoms with Crippen LogP contribution in [-0.4, -0.2) is 22.9 Å². The highest BCUT2D eigenvalue weighted by molar-refractivity contribution is 8.07. The number of rotatable bonds is 5. The molecule has 2 aromatic rings. The van der Waals surface area contributed by atoms with E-state index in [0.717, 1.165) is 22.9 Å². The molecular formula is C20H17N3O2S. The molecule has 1 fully saturated rings. The molecule has 0 saturated carbocycles. The molecule has 0 aliphatic carbocycles. The van der Waals surface area contributed by atoms with Gasteiger partial charge in [0, 0.05) is 30.1 Å². The summed E-state index contributed by atoms with van der Waals surface area (Å²) in [6.07, 6.45) is 0.872. The molecule has 0 aromatic heterocycles. The Morgan fingerprint density at radius 1 is 1.23 bits per heavy atom. The predicted octanol–water partition coefficient (Wildman–Crippen LogP) is 4.59. The van der Waals surface area contributed by atoms with Gasteiger partial charge in [0.25, 0.3) is 5.69 Å². The minimum Gasteiger partial charge on any atom is -0.360 e. The first-order valence-corrected chi connectivity index (χ1v) is 8.94. The van der Waals surface area contributed by atoms with Gasteiger partial charge in [-0.05, 0) is 29.7 Å². The lowest BCUT2D eigenvalue weighted by molar-refractivity contribution is -0.384. The molecule has 0 N–H and O–H groups in total. The SMILES string of the molecule is C=C1CN(CCc2ccccc2)/C(=C(\C#N)c2ccc([N+](=O)[O-])cc2)S1. The summed E-state index contributed by atoms with van der Waals surface area (Å²) in [4.78, 5) is 13.5. The third-order valence-electron chi connectivity index (χ3n) is 4.10. The Kier molecular flexibility index (Phi) is 5.40. The van der Waals surface area contributed by atoms with Crippen LogP contribution in [0.1, 0.15) is 11.1 Å². The Morgan fingerprint density at radius 3 is 2.54 bits per heavy atom. The zero-order chi connectivity index (χ0) is 18.5. The van der Waals surface area contributed by atoms with E-state index in [-0.39, 0.29) is 5.69 Å². The zero-order valence-electron chi connectivity index (χ0n) is 14.1. The molecule has 0 unspecified atom stereocenters. The van der Waals surface area contributed by atoms with Crippen molar-refractivity contribution in [1.82, 2.24) is 4.90 Å². The van der Waals surface area contributed by atoms with Crippen molar-refractivity contribution in [3.63, 3.8) is 0 Å². The van der Waals surface area contributed by atoms with Crippen LogP contribution in [0.4, 0.5) is 5.69 Å². The van der Waals surface area contributed by atoms with Crippen LogP contribution in [-0.2, 0) is 6.42 Å². The van der Waals surface area contributed by atoms with E-state index < -0.39 is 4.92 Å². The van der Waals surface area contributed by atoms with E-state index >= 15 is 0 Å². The van der Waals surface area contributed by atoms with Crippen molar-refractivity contribution in [2.45, 2.75) is 6.42 Å². The summed E-state index contributed by atoms with van der Waals surface area (Å²) >= 11 is 1.50. The zero-order valence-corrected chi connectivity index (χ0v) is 14.9. The molecule has 130 valence electrons. The maximum atomic E-state index is 10.8. The molecule has 0 atom stereocenters. The van der Waals surface area contributed by atoms with Gasteiger partial charge in [0.1, 0.15) is 6.07 Å². The monoisotopic (exact) mass is 363 g/mol. The molecule has 5 nitrogen and oxygen atoms in total. The lowest BCUT2D eigenvalue weighted by atomic mass is 10.1. The standard InChI is InChI=1S/C20H17N3O2S/c1-15-14-22(12-11-16-5-3-2-4-6-16)20(26-15)19(13-21)17-7-9-18(10-8-17)23(24)25/h2-10H,1,11-12,14H2/b20-19-. The number of hydrogen-bond donors (Lipinski definition) is 0. The fourth-order valence-corrected chi connectivity index (χ4v) is 3.85. The van der Waals surface area contributed by atoms with Gasteiger partial charge in [-0.2, -0.15) is 5.26 Å². The summed E-state index contributed by atoms with van der Waals surface area (Å²) < 4.78 is 0. The molecule has 3 rings (SSSR count). The van der Waals surface area contributed by atoms with Gasteiger partial charge >= 0.3 is 0 Å². The maximum absolute atomic E-state index is 10.8. The number of hydrogen-bond acceptors (Lipinski definition) is 5. The fraction of sp³-hybridized carbons (Fsp3) is 0.150. The Hall–Kier alpha value is -3.04. The van der Waals surface area contributed by atoms with Crippen LogP contribution in [0.5, 0.6) is 0 Å². The molecule has 1 heterocycles. The van der Waals surface area contributed by atoms with Crippen LogP contribution in [0.25, 0.3) is 5.57 Å². The van der Waals surface area contributed by atoms with E-state index in [2.05, 4.69) is 29.7 Å². The number of nitro benzene ring substituents is 1. The second-order valence-electron chi connectivity index (χ2n) is 5.89. The van der Waals surface area contributed by atoms with Gasteiger partial charge in [-0.1, -0.05) is 48.7 Å². The summed E-state index contributed by atoms with van der Waals surface area (Å²) in [5, 5.41) is 21.4. The average Bonchev–Trinajstić information content (AvgIpc) is 3.02. The second-order valence-corrected chi connectivity index (χ2v) is 7.06. The summed E-state index contributed by atoms with van der Waals surface area (Å²) in [5.74, 6) is 0. The van der Waals surface area contributed by atoms with Crippen LogP contribution < -0.4 is 0 Å². The molecule has 0 amide bonds. The first-order chi connectivity index (χ1) is 12.6. The van der Waals surface area contributed by atoms with Crippen molar-refractivity contribution in [2.75, 3.05) is 13.1 Å². The normalized spacial score (nSPS) is 15.7. The number of benzene rings is 2. The van der Waals surface area contributed by atoms with E-state index in [1.165, 1.54) is 29.5 Å². The molecule has 0 bridgehead atoms. The van der Waals surface area contributed by atoms with Crippen molar-refractivity contribution in [3.05, 3.63) is 92.4 Å². The highest BCUT2D eigenvalue weighted by Crippen LogP contribution is 2.40. The van der Waals surface area contributed by atoms with Gasteiger partial charge in [-0.3, -0.25) is 10.1 Å². The number of nitrogens with zero attached hydrogens (tertiary/aromatic N) is 3. The van der Waals surface area contributed by atoms with Gasteiger partial charge in [-0.15, -0.1) is 0 Å². The number of nitriles is 1. The average molecular weight is 363 g/mol. The van der Waals surface area contributed by atoms with E-state index in [9.17, 15) is 15.4 Å². The Labute approximate surface area is 156 Å². The smallest absolute Gasteiger partial charge is 0.269 e. The third-order valence-corrected chi connectivity index (χ3v) is 5.17. The number of thioether (sulfide) groups is 1. The summed E-state index contributed by atoms with van der Waals surface area (Å²) in [7, 11) is 0. The Bertz CT molecular complexity index is 899. The molecule has 1 saturated heterocycles. The van der Waals surface area contributed by atoms with Gasteiger partial charge in [0.2, 0.25) is 0 Å². The van der Waals surface area contributed by atoms with E-state index in [1.54, 1.807) is 12.1 Å². The van der Waals surface area contributed by atoms with E-state index in [1.807, 2.05) is 18.2 Å². The van der Waals surface area contributed by atoms with Crippen molar-refractivity contribution in [1.29, 1.82) is 5.26 Å². The number of non-ortho nitro benzene ring substituents is 1. The van der Waals surface area contributed by atoms with Crippen LogP contribution in [0.3, 0.4) is 0 Å². The van der Waals surface area contributed by atoms with Gasteiger partial charge < -0.3 is 4.90 Å². The summed E-state index contributed by atoms with van der Waals surface area (Å²) in [6, 6.07) is 18.6.